The largest absolute Gasteiger partial charge is 0.394 e. The van der Waals surface area contributed by atoms with Gasteiger partial charge in [-0.15, -0.1) is 0 Å². The van der Waals surface area contributed by atoms with Crippen molar-refractivity contribution < 1.29 is 79.9 Å². The van der Waals surface area contributed by atoms with E-state index >= 15 is 0 Å². The molecule has 0 unspecified atom stereocenters. The Labute approximate surface area is 340 Å². The summed E-state index contributed by atoms with van der Waals surface area (Å²) in [6.07, 6.45) is -13.7. The zero-order valence-corrected chi connectivity index (χ0v) is 35.1. The summed E-state index contributed by atoms with van der Waals surface area (Å²) in [6.45, 7) is 13.8. The maximum Gasteiger partial charge on any atom is 0.187 e. The number of ketones is 1. The minimum atomic E-state index is -1.74. The summed E-state index contributed by atoms with van der Waals surface area (Å²) in [6, 6.07) is 0. The van der Waals surface area contributed by atoms with Crippen molar-refractivity contribution in [1.82, 2.24) is 0 Å². The fourth-order valence-electron chi connectivity index (χ4n) is 12.5. The zero-order valence-electron chi connectivity index (χ0n) is 35.1. The first kappa shape index (κ1) is 46.3. The smallest absolute Gasteiger partial charge is 0.187 e. The Balaban J connectivity index is 1.20. The van der Waals surface area contributed by atoms with E-state index in [-0.39, 0.29) is 36.9 Å². The molecule has 2 saturated heterocycles. The second-order valence-electron chi connectivity index (χ2n) is 20.5. The molecule has 0 bridgehead atoms. The predicted molar refractivity (Wildman–Crippen MR) is 204 cm³/mol. The first-order valence-electron chi connectivity index (χ1n) is 21.0. The Hall–Kier alpha value is -1.19. The monoisotopic (exact) mass is 830 g/mol. The lowest BCUT2D eigenvalue weighted by Gasteiger charge is -2.65. The van der Waals surface area contributed by atoms with Crippen LogP contribution in [-0.4, -0.2) is 166 Å². The van der Waals surface area contributed by atoms with Gasteiger partial charge >= 0.3 is 0 Å². The van der Waals surface area contributed by atoms with Gasteiger partial charge in [0.2, 0.25) is 0 Å². The molecule has 16 nitrogen and oxygen atoms in total. The van der Waals surface area contributed by atoms with Gasteiger partial charge in [0, 0.05) is 23.2 Å². The van der Waals surface area contributed by atoms with Gasteiger partial charge in [-0.05, 0) is 82.0 Å². The molecule has 16 heteroatoms. The SMILES string of the molecule is CC(C)(O)CC[C@H](O)[C@](C)(O)[C@H]1[C@H](O)C[C@]2(C)[C@@H]3CC=C4[C@@H](CC[C@H](O[C@@H]5O[C@H](CO[C@@H]6O[C@H](CO)[C@@H](O)[C@H](O)[C@H]6O)[C@@H](O)[C@H](O)[C@H]5O)C4(C)C)[C@]3(C)C(=O)C[C@]12C. The molecule has 2 heterocycles. The number of allylic oxidation sites excluding steroid dienone is 1. The van der Waals surface area contributed by atoms with Crippen molar-refractivity contribution in [3.8, 4) is 0 Å². The molecule has 0 aromatic heterocycles. The van der Waals surface area contributed by atoms with Crippen molar-refractivity contribution in [2.45, 2.75) is 191 Å². The normalized spacial score (nSPS) is 49.6. The highest BCUT2D eigenvalue weighted by Gasteiger charge is 2.74. The maximum atomic E-state index is 14.8. The van der Waals surface area contributed by atoms with Crippen molar-refractivity contribution in [2.75, 3.05) is 13.2 Å². The summed E-state index contributed by atoms with van der Waals surface area (Å²) in [7, 11) is 0. The van der Waals surface area contributed by atoms with Crippen LogP contribution in [0.25, 0.3) is 0 Å². The van der Waals surface area contributed by atoms with Gasteiger partial charge in [-0.1, -0.05) is 46.3 Å². The molecule has 0 amide bonds. The van der Waals surface area contributed by atoms with Crippen LogP contribution in [0.5, 0.6) is 0 Å². The molecule has 0 radical (unpaired) electrons. The average Bonchev–Trinajstić information content (AvgIpc) is 3.34. The van der Waals surface area contributed by atoms with E-state index in [1.807, 2.05) is 27.7 Å². The van der Waals surface area contributed by atoms with Gasteiger partial charge in [-0.2, -0.15) is 0 Å². The van der Waals surface area contributed by atoms with Crippen molar-refractivity contribution >= 4 is 5.78 Å². The molecule has 6 rings (SSSR count). The van der Waals surface area contributed by atoms with Gasteiger partial charge in [-0.3, -0.25) is 4.79 Å². The van der Waals surface area contributed by atoms with Crippen molar-refractivity contribution in [1.29, 1.82) is 0 Å². The second kappa shape index (κ2) is 15.9. The number of carbonyl (C=O) groups is 1. The van der Waals surface area contributed by atoms with Gasteiger partial charge in [0.15, 0.2) is 12.6 Å². The third-order valence-corrected chi connectivity index (χ3v) is 16.1. The van der Waals surface area contributed by atoms with E-state index in [0.717, 1.165) is 5.57 Å². The van der Waals surface area contributed by atoms with Crippen LogP contribution in [0.15, 0.2) is 11.6 Å². The van der Waals surface area contributed by atoms with Gasteiger partial charge in [0.05, 0.1) is 42.7 Å². The first-order chi connectivity index (χ1) is 26.7. The van der Waals surface area contributed by atoms with E-state index in [0.29, 0.717) is 25.7 Å². The maximum absolute atomic E-state index is 14.8. The molecule has 0 aromatic rings. The zero-order chi connectivity index (χ0) is 43.3. The van der Waals surface area contributed by atoms with Crippen LogP contribution in [0, 0.1) is 39.4 Å². The Bertz CT molecular complexity index is 1530. The average molecular weight is 831 g/mol. The highest BCUT2D eigenvalue weighted by molar-refractivity contribution is 5.88. The molecule has 6 aliphatic rings. The number of fused-ring (bicyclic) bond motifs is 5. The Morgan fingerprint density at radius 2 is 1.41 bits per heavy atom. The molecule has 4 aliphatic carbocycles. The van der Waals surface area contributed by atoms with Gasteiger partial charge in [0.1, 0.15) is 54.6 Å². The molecule has 20 atom stereocenters. The second-order valence-corrected chi connectivity index (χ2v) is 20.5. The third kappa shape index (κ3) is 7.36. The van der Waals surface area contributed by atoms with Crippen LogP contribution in [-0.2, 0) is 23.7 Å². The highest BCUT2D eigenvalue weighted by Crippen LogP contribution is 2.74. The fourth-order valence-corrected chi connectivity index (χ4v) is 12.5. The quantitative estimate of drug-likeness (QED) is 0.116. The molecule has 2 aliphatic heterocycles. The molecule has 0 aromatic carbocycles. The van der Waals surface area contributed by atoms with Gasteiger partial charge < -0.3 is 75.1 Å². The van der Waals surface area contributed by atoms with E-state index in [2.05, 4.69) is 13.0 Å². The highest BCUT2D eigenvalue weighted by atomic mass is 16.7. The molecule has 5 fully saturated rings. The van der Waals surface area contributed by atoms with E-state index in [9.17, 15) is 61.0 Å². The van der Waals surface area contributed by atoms with E-state index in [1.165, 1.54) is 6.92 Å². The van der Waals surface area contributed by atoms with Crippen molar-refractivity contribution in [3.63, 3.8) is 0 Å². The number of aliphatic hydroxyl groups excluding tert-OH is 9. The van der Waals surface area contributed by atoms with Crippen LogP contribution >= 0.6 is 0 Å². The first-order valence-corrected chi connectivity index (χ1v) is 21.0. The summed E-state index contributed by atoms with van der Waals surface area (Å²) in [5.74, 6) is -1.15. The molecule has 0 spiro atoms. The van der Waals surface area contributed by atoms with Gasteiger partial charge in [0.25, 0.3) is 0 Å². The molecular formula is C42H70O16. The topological polar surface area (TPSA) is 277 Å². The minimum Gasteiger partial charge on any atom is -0.394 e. The molecular weight excluding hydrogens is 760 g/mol. The summed E-state index contributed by atoms with van der Waals surface area (Å²) in [5.41, 5.74) is -4.74. The number of aliphatic hydroxyl groups is 11. The van der Waals surface area contributed by atoms with E-state index < -0.39 is 132 Å². The lowest BCUT2D eigenvalue weighted by Crippen LogP contribution is -2.65. The number of ether oxygens (including phenoxy) is 4. The Kier molecular flexibility index (Phi) is 12.7. The number of hydrogen-bond acceptors (Lipinski definition) is 16. The van der Waals surface area contributed by atoms with Crippen molar-refractivity contribution in [2.24, 2.45) is 39.4 Å². The standard InChI is InChI=1S/C42H70O16/c1-37(2,53)14-13-25(45)42(8,54)34-21(44)15-39(5)24-11-9-19-20(41(24,7)26(46)16-40(34,39)6)10-12-27(38(19,3)4)58-36-33(52)31(50)29(48)23(57-36)18-55-35-32(51)30(49)28(47)22(17-43)56-35/h9,20-25,27-36,43-45,47-54H,10-18H2,1-8H3/t20-,21-,22-,23-,24+,25+,27+,28-,29-,30+,31+,32-,33-,34+,35-,36+,39-,40-,41+,42+/m1/s1. The Morgan fingerprint density at radius 3 is 2.02 bits per heavy atom. The summed E-state index contributed by atoms with van der Waals surface area (Å²) >= 11 is 0. The Morgan fingerprint density at radius 1 is 0.828 bits per heavy atom. The summed E-state index contributed by atoms with van der Waals surface area (Å²) < 4.78 is 23.4. The van der Waals surface area contributed by atoms with Crippen LogP contribution in [0.2, 0.25) is 0 Å². The number of carbonyl (C=O) groups excluding carboxylic acids is 1. The fraction of sp³-hybridized carbons (Fsp3) is 0.929. The van der Waals surface area contributed by atoms with Crippen molar-refractivity contribution in [3.05, 3.63) is 11.6 Å². The van der Waals surface area contributed by atoms with Crippen LogP contribution < -0.4 is 0 Å². The predicted octanol–water partition coefficient (Wildman–Crippen LogP) is -0.586. The minimum absolute atomic E-state index is 0.0366. The number of Topliss-reactive ketones (excluding diaryl/α,β-unsaturated/α-hetero) is 1. The van der Waals surface area contributed by atoms with Crippen LogP contribution in [0.4, 0.5) is 0 Å². The number of hydrogen-bond donors (Lipinski definition) is 11. The molecule has 58 heavy (non-hydrogen) atoms. The van der Waals surface area contributed by atoms with Gasteiger partial charge in [-0.25, -0.2) is 0 Å². The molecule has 11 N–H and O–H groups in total. The third-order valence-electron chi connectivity index (χ3n) is 16.1. The van der Waals surface area contributed by atoms with E-state index in [1.54, 1.807) is 13.8 Å². The lowest BCUT2D eigenvalue weighted by atomic mass is 9.38. The van der Waals surface area contributed by atoms with Crippen LogP contribution in [0.3, 0.4) is 0 Å². The summed E-state index contributed by atoms with van der Waals surface area (Å²) in [5, 5.41) is 118. The van der Waals surface area contributed by atoms with Crippen LogP contribution in [0.1, 0.15) is 100 Å². The molecule has 3 saturated carbocycles. The summed E-state index contributed by atoms with van der Waals surface area (Å²) in [4.78, 5) is 14.8. The van der Waals surface area contributed by atoms with E-state index in [4.69, 9.17) is 18.9 Å². The molecule has 334 valence electrons. The lowest BCUT2D eigenvalue weighted by molar-refractivity contribution is -0.340. The number of rotatable bonds is 11.